The van der Waals surface area contributed by atoms with Crippen LogP contribution in [0.1, 0.15) is 39.5 Å². The molecule has 0 saturated carbocycles. The zero-order valence-electron chi connectivity index (χ0n) is 13.6. The minimum atomic E-state index is -0.637. The molecule has 0 bridgehead atoms. The largest absolute Gasteiger partial charge is 0.469 e. The number of methoxy groups -OCH3 is 1. The topological polar surface area (TPSA) is 61.8 Å². The van der Waals surface area contributed by atoms with Crippen LogP contribution in [0.15, 0.2) is 24.3 Å². The first-order chi connectivity index (χ1) is 10.5. The lowest BCUT2D eigenvalue weighted by Crippen LogP contribution is -2.45. The summed E-state index contributed by atoms with van der Waals surface area (Å²) in [5.41, 5.74) is 0. The van der Waals surface area contributed by atoms with E-state index in [1.807, 2.05) is 38.2 Å². The number of unbranched alkanes of at least 4 members (excludes halogenated alkanes) is 1. The zero-order chi connectivity index (χ0) is 16.4. The molecular weight excluding hydrogens is 284 g/mol. The fourth-order valence-corrected chi connectivity index (χ4v) is 2.24. The van der Waals surface area contributed by atoms with Crippen LogP contribution in [0, 0.1) is 5.92 Å². The van der Waals surface area contributed by atoms with Gasteiger partial charge in [-0.25, -0.2) is 0 Å². The number of carbonyl (C=O) groups is 2. The SMILES string of the molecule is COC(=O)CCC/C=C\C=C/[C@H]1COC(C)(C)O[C@@H]1CC=O. The molecule has 1 aliphatic heterocycles. The Hall–Kier alpha value is -1.46. The summed E-state index contributed by atoms with van der Waals surface area (Å²) in [6, 6.07) is 0. The monoisotopic (exact) mass is 310 g/mol. The maximum Gasteiger partial charge on any atom is 0.305 e. The summed E-state index contributed by atoms with van der Waals surface area (Å²) in [6.07, 6.45) is 11.0. The van der Waals surface area contributed by atoms with Crippen LogP contribution in [0.25, 0.3) is 0 Å². The highest BCUT2D eigenvalue weighted by molar-refractivity contribution is 5.69. The second-order valence-electron chi connectivity index (χ2n) is 5.71. The average Bonchev–Trinajstić information content (AvgIpc) is 2.47. The zero-order valence-corrected chi connectivity index (χ0v) is 13.6. The van der Waals surface area contributed by atoms with Crippen LogP contribution in [0.4, 0.5) is 0 Å². The van der Waals surface area contributed by atoms with Gasteiger partial charge in [0.1, 0.15) is 6.29 Å². The minimum absolute atomic E-state index is 0.0675. The quantitative estimate of drug-likeness (QED) is 0.298. The molecule has 0 aromatic rings. The van der Waals surface area contributed by atoms with Gasteiger partial charge in [0.05, 0.1) is 19.8 Å². The van der Waals surface area contributed by atoms with E-state index >= 15 is 0 Å². The Kier molecular flexibility index (Phi) is 8.06. The van der Waals surface area contributed by atoms with Crippen molar-refractivity contribution in [1.82, 2.24) is 0 Å². The van der Waals surface area contributed by atoms with Crippen LogP contribution < -0.4 is 0 Å². The molecule has 1 saturated heterocycles. The molecule has 1 rings (SSSR count). The molecule has 2 atom stereocenters. The van der Waals surface area contributed by atoms with Crippen LogP contribution in [-0.4, -0.2) is 37.9 Å². The third kappa shape index (κ3) is 7.00. The fourth-order valence-electron chi connectivity index (χ4n) is 2.24. The van der Waals surface area contributed by atoms with Crippen LogP contribution in [-0.2, 0) is 23.8 Å². The average molecular weight is 310 g/mol. The standard InChI is InChI=1S/C17H26O5/c1-17(2)21-13-14(15(22-17)11-12-18)9-7-5-4-6-8-10-16(19)20-3/h4-5,7,9,12,14-15H,6,8,10-11,13H2,1-3H3/b5-4-,9-7-/t14-,15+/m0/s1. The van der Waals surface area contributed by atoms with Crippen molar-refractivity contribution in [1.29, 1.82) is 0 Å². The Bertz CT molecular complexity index is 411. The van der Waals surface area contributed by atoms with Crippen LogP contribution in [0.5, 0.6) is 0 Å². The molecule has 0 aromatic carbocycles. The first-order valence-electron chi connectivity index (χ1n) is 7.64. The third-order valence-electron chi connectivity index (χ3n) is 3.45. The third-order valence-corrected chi connectivity index (χ3v) is 3.45. The summed E-state index contributed by atoms with van der Waals surface area (Å²) in [5, 5.41) is 0. The predicted octanol–water partition coefficient (Wildman–Crippen LogP) is 2.80. The minimum Gasteiger partial charge on any atom is -0.469 e. The van der Waals surface area contributed by atoms with Crippen LogP contribution >= 0.6 is 0 Å². The van der Waals surface area contributed by atoms with E-state index in [4.69, 9.17) is 9.47 Å². The molecule has 0 spiro atoms. The maximum atomic E-state index is 10.9. The molecule has 1 aliphatic rings. The predicted molar refractivity (Wildman–Crippen MR) is 83.2 cm³/mol. The van der Waals surface area contributed by atoms with E-state index in [2.05, 4.69) is 4.74 Å². The van der Waals surface area contributed by atoms with Crippen LogP contribution in [0.3, 0.4) is 0 Å². The molecule has 124 valence electrons. The number of rotatable bonds is 8. The van der Waals surface area contributed by atoms with Gasteiger partial charge in [-0.3, -0.25) is 4.79 Å². The Labute approximate surface area is 132 Å². The number of hydrogen-bond donors (Lipinski definition) is 0. The smallest absolute Gasteiger partial charge is 0.305 e. The molecule has 0 amide bonds. The summed E-state index contributed by atoms with van der Waals surface area (Å²) in [4.78, 5) is 21.7. The van der Waals surface area contributed by atoms with Gasteiger partial charge in [-0.15, -0.1) is 0 Å². The molecule has 0 aliphatic carbocycles. The van der Waals surface area contributed by atoms with Crippen molar-refractivity contribution in [3.63, 3.8) is 0 Å². The molecule has 0 unspecified atom stereocenters. The summed E-state index contributed by atoms with van der Waals surface area (Å²) in [6.45, 7) is 4.25. The summed E-state index contributed by atoms with van der Waals surface area (Å²) < 4.78 is 16.0. The Morgan fingerprint density at radius 3 is 2.82 bits per heavy atom. The van der Waals surface area contributed by atoms with Crippen molar-refractivity contribution < 1.29 is 23.8 Å². The highest BCUT2D eigenvalue weighted by atomic mass is 16.7. The number of ether oxygens (including phenoxy) is 3. The van der Waals surface area contributed by atoms with Gasteiger partial charge < -0.3 is 19.0 Å². The van der Waals surface area contributed by atoms with Crippen molar-refractivity contribution in [2.45, 2.75) is 51.4 Å². The van der Waals surface area contributed by atoms with E-state index in [1.54, 1.807) is 0 Å². The molecular formula is C17H26O5. The lowest BCUT2D eigenvalue weighted by molar-refractivity contribution is -0.285. The number of esters is 1. The fraction of sp³-hybridized carbons (Fsp3) is 0.647. The van der Waals surface area contributed by atoms with Gasteiger partial charge in [-0.05, 0) is 26.7 Å². The van der Waals surface area contributed by atoms with Gasteiger partial charge in [0.25, 0.3) is 0 Å². The summed E-state index contributed by atoms with van der Waals surface area (Å²) in [7, 11) is 1.40. The molecule has 0 N–H and O–H groups in total. The van der Waals surface area contributed by atoms with Crippen molar-refractivity contribution in [3.05, 3.63) is 24.3 Å². The van der Waals surface area contributed by atoms with E-state index in [1.165, 1.54) is 7.11 Å². The second-order valence-corrected chi connectivity index (χ2v) is 5.71. The van der Waals surface area contributed by atoms with Crippen molar-refractivity contribution in [3.8, 4) is 0 Å². The van der Waals surface area contributed by atoms with Gasteiger partial charge in [0.15, 0.2) is 5.79 Å². The number of hydrogen-bond acceptors (Lipinski definition) is 5. The van der Waals surface area contributed by atoms with Gasteiger partial charge in [-0.1, -0.05) is 24.3 Å². The Morgan fingerprint density at radius 1 is 1.36 bits per heavy atom. The first-order valence-corrected chi connectivity index (χ1v) is 7.64. The molecule has 5 heteroatoms. The Balaban J connectivity index is 2.37. The molecule has 0 radical (unpaired) electrons. The highest BCUT2D eigenvalue weighted by Gasteiger charge is 2.34. The highest BCUT2D eigenvalue weighted by Crippen LogP contribution is 2.28. The normalized spacial score (nSPS) is 24.7. The first kappa shape index (κ1) is 18.6. The van der Waals surface area contributed by atoms with Crippen LogP contribution in [0.2, 0.25) is 0 Å². The van der Waals surface area contributed by atoms with Gasteiger partial charge in [-0.2, -0.15) is 0 Å². The number of carbonyl (C=O) groups excluding carboxylic acids is 2. The molecule has 1 heterocycles. The number of allylic oxidation sites excluding steroid dienone is 3. The van der Waals surface area contributed by atoms with E-state index in [-0.39, 0.29) is 18.0 Å². The van der Waals surface area contributed by atoms with E-state index in [0.29, 0.717) is 19.4 Å². The van der Waals surface area contributed by atoms with Gasteiger partial charge in [0.2, 0.25) is 0 Å². The summed E-state index contributed by atoms with van der Waals surface area (Å²) >= 11 is 0. The molecule has 22 heavy (non-hydrogen) atoms. The molecule has 0 aromatic heterocycles. The van der Waals surface area contributed by atoms with E-state index in [9.17, 15) is 9.59 Å². The van der Waals surface area contributed by atoms with E-state index in [0.717, 1.165) is 19.1 Å². The lowest BCUT2D eigenvalue weighted by Gasteiger charge is -2.39. The van der Waals surface area contributed by atoms with Crippen molar-refractivity contribution in [2.75, 3.05) is 13.7 Å². The molecule has 1 fully saturated rings. The van der Waals surface area contributed by atoms with Gasteiger partial charge in [0, 0.05) is 18.8 Å². The summed E-state index contributed by atoms with van der Waals surface area (Å²) in [5.74, 6) is -0.750. The molecule has 5 nitrogen and oxygen atoms in total. The Morgan fingerprint density at radius 2 is 2.14 bits per heavy atom. The van der Waals surface area contributed by atoms with Crippen molar-refractivity contribution >= 4 is 12.3 Å². The second kappa shape index (κ2) is 9.54. The van der Waals surface area contributed by atoms with Crippen molar-refractivity contribution in [2.24, 2.45) is 5.92 Å². The maximum absolute atomic E-state index is 10.9. The van der Waals surface area contributed by atoms with Gasteiger partial charge >= 0.3 is 5.97 Å². The number of aldehydes is 1. The lowest BCUT2D eigenvalue weighted by atomic mass is 9.98. The van der Waals surface area contributed by atoms with E-state index < -0.39 is 5.79 Å².